The Hall–Kier alpha value is -3.03. The molecule has 0 aliphatic carbocycles. The molecule has 0 atom stereocenters. The lowest BCUT2D eigenvalue weighted by molar-refractivity contribution is 0.102. The van der Waals surface area contributed by atoms with Gasteiger partial charge in [0.2, 0.25) is 0 Å². The number of thiazole rings is 1. The van der Waals surface area contributed by atoms with Gasteiger partial charge in [-0.1, -0.05) is 18.2 Å². The van der Waals surface area contributed by atoms with Gasteiger partial charge in [-0.3, -0.25) is 10.1 Å². The van der Waals surface area contributed by atoms with Crippen LogP contribution in [0.15, 0.2) is 48.0 Å². The van der Waals surface area contributed by atoms with Gasteiger partial charge in [0.15, 0.2) is 10.8 Å². The molecule has 1 aromatic carbocycles. The van der Waals surface area contributed by atoms with Crippen molar-refractivity contribution in [2.75, 3.05) is 19.4 Å². The number of carbonyl (C=O) groups excluding carboxylic acids is 1. The van der Waals surface area contributed by atoms with Crippen molar-refractivity contribution in [1.82, 2.24) is 19.3 Å². The van der Waals surface area contributed by atoms with Crippen LogP contribution in [0.4, 0.5) is 5.13 Å². The molecule has 0 spiro atoms. The van der Waals surface area contributed by atoms with Crippen LogP contribution in [0.25, 0.3) is 16.9 Å². The predicted molar refractivity (Wildman–Crippen MR) is 118 cm³/mol. The average molecular weight is 406 g/mol. The maximum atomic E-state index is 13.0. The number of amides is 1. The van der Waals surface area contributed by atoms with Gasteiger partial charge in [-0.15, -0.1) is 11.3 Å². The molecule has 3 heterocycles. The number of hydrogen-bond acceptors (Lipinski definition) is 5. The van der Waals surface area contributed by atoms with Crippen LogP contribution in [0.5, 0.6) is 0 Å². The van der Waals surface area contributed by atoms with E-state index in [0.29, 0.717) is 17.4 Å². The normalized spacial score (nSPS) is 11.3. The fourth-order valence-corrected chi connectivity index (χ4v) is 3.91. The van der Waals surface area contributed by atoms with Gasteiger partial charge in [0.05, 0.1) is 11.4 Å². The summed E-state index contributed by atoms with van der Waals surface area (Å²) < 4.78 is 1.96. The fourth-order valence-electron chi connectivity index (χ4n) is 3.20. The number of imidazole rings is 1. The Morgan fingerprint density at radius 3 is 2.72 bits per heavy atom. The van der Waals surface area contributed by atoms with Gasteiger partial charge in [0.1, 0.15) is 5.65 Å². The minimum absolute atomic E-state index is 0.244. The number of rotatable bonds is 5. The minimum atomic E-state index is -0.244. The minimum Gasteiger partial charge on any atom is -0.304 e. The summed E-state index contributed by atoms with van der Waals surface area (Å²) in [6, 6.07) is 12.0. The highest BCUT2D eigenvalue weighted by molar-refractivity contribution is 7.14. The maximum Gasteiger partial charge on any atom is 0.278 e. The van der Waals surface area contributed by atoms with E-state index >= 15 is 0 Å². The Labute approximate surface area is 173 Å². The van der Waals surface area contributed by atoms with Crippen LogP contribution >= 0.6 is 11.3 Å². The van der Waals surface area contributed by atoms with Crippen molar-refractivity contribution in [3.63, 3.8) is 0 Å². The second-order valence-corrected chi connectivity index (χ2v) is 8.22. The number of aromatic nitrogens is 3. The summed E-state index contributed by atoms with van der Waals surface area (Å²) >= 11 is 1.42. The van der Waals surface area contributed by atoms with Crippen LogP contribution in [0.1, 0.15) is 27.3 Å². The van der Waals surface area contributed by atoms with Gasteiger partial charge >= 0.3 is 0 Å². The molecule has 29 heavy (non-hydrogen) atoms. The van der Waals surface area contributed by atoms with E-state index < -0.39 is 0 Å². The highest BCUT2D eigenvalue weighted by Gasteiger charge is 2.20. The predicted octanol–water partition coefficient (Wildman–Crippen LogP) is 4.39. The fraction of sp³-hybridized carbons (Fsp3) is 0.227. The van der Waals surface area contributed by atoms with Gasteiger partial charge in [-0.05, 0) is 57.3 Å². The van der Waals surface area contributed by atoms with Crippen molar-refractivity contribution < 1.29 is 4.79 Å². The summed E-state index contributed by atoms with van der Waals surface area (Å²) in [5.74, 6) is -0.244. The lowest BCUT2D eigenvalue weighted by Gasteiger charge is -2.10. The van der Waals surface area contributed by atoms with Crippen LogP contribution < -0.4 is 5.32 Å². The molecule has 1 amide bonds. The Morgan fingerprint density at radius 1 is 1.14 bits per heavy atom. The lowest BCUT2D eigenvalue weighted by atomic mass is 10.1. The lowest BCUT2D eigenvalue weighted by Crippen LogP contribution is -2.19. The van der Waals surface area contributed by atoms with Gasteiger partial charge < -0.3 is 9.30 Å². The second kappa shape index (κ2) is 7.77. The first kappa shape index (κ1) is 19.3. The Morgan fingerprint density at radius 2 is 1.97 bits per heavy atom. The van der Waals surface area contributed by atoms with E-state index in [9.17, 15) is 4.79 Å². The summed E-state index contributed by atoms with van der Waals surface area (Å²) in [5, 5.41) is 5.45. The van der Waals surface area contributed by atoms with E-state index in [0.717, 1.165) is 22.6 Å². The maximum absolute atomic E-state index is 13.0. The molecule has 0 saturated heterocycles. The summed E-state index contributed by atoms with van der Waals surface area (Å²) in [6.45, 7) is 4.79. The molecule has 6 nitrogen and oxygen atoms in total. The molecule has 0 aliphatic rings. The highest BCUT2D eigenvalue weighted by atomic mass is 32.1. The number of aryl methyl sites for hydroxylation is 2. The van der Waals surface area contributed by atoms with Crippen molar-refractivity contribution in [2.24, 2.45) is 0 Å². The molecule has 4 aromatic rings. The number of pyridine rings is 1. The molecule has 4 rings (SSSR count). The number of nitrogens with zero attached hydrogens (tertiary/aromatic N) is 4. The van der Waals surface area contributed by atoms with Gasteiger partial charge in [-0.25, -0.2) is 9.97 Å². The average Bonchev–Trinajstić information content (AvgIpc) is 3.29. The summed E-state index contributed by atoms with van der Waals surface area (Å²) in [5.41, 5.74) is 6.41. The third-order valence-corrected chi connectivity index (χ3v) is 5.59. The smallest absolute Gasteiger partial charge is 0.278 e. The first-order chi connectivity index (χ1) is 13.9. The third kappa shape index (κ3) is 3.92. The SMILES string of the molecule is Cc1ccc(-c2csc(NC(=O)c3nc4ccccn4c3CN(C)C)n2)cc1C. The molecule has 0 aliphatic heterocycles. The van der Waals surface area contributed by atoms with E-state index in [-0.39, 0.29) is 5.91 Å². The van der Waals surface area contributed by atoms with E-state index in [1.807, 2.05) is 53.2 Å². The standard InChI is InChI=1S/C22H23N5OS/c1-14-8-9-16(11-15(14)2)17-13-29-22(23-17)25-21(28)20-18(12-26(3)4)27-10-6-5-7-19(27)24-20/h5-11,13H,12H2,1-4H3,(H,23,25,28). The second-order valence-electron chi connectivity index (χ2n) is 7.36. The van der Waals surface area contributed by atoms with Crippen LogP contribution in [0.2, 0.25) is 0 Å². The van der Waals surface area contributed by atoms with E-state index in [4.69, 9.17) is 0 Å². The summed E-state index contributed by atoms with van der Waals surface area (Å²) in [7, 11) is 3.95. The number of benzene rings is 1. The summed E-state index contributed by atoms with van der Waals surface area (Å²) in [4.78, 5) is 24.2. The largest absolute Gasteiger partial charge is 0.304 e. The van der Waals surface area contributed by atoms with Gasteiger partial charge in [0, 0.05) is 23.7 Å². The van der Waals surface area contributed by atoms with Crippen molar-refractivity contribution in [2.45, 2.75) is 20.4 Å². The molecule has 148 valence electrons. The summed E-state index contributed by atoms with van der Waals surface area (Å²) in [6.07, 6.45) is 1.93. The molecule has 0 fully saturated rings. The van der Waals surface area contributed by atoms with E-state index in [1.165, 1.54) is 22.5 Å². The highest BCUT2D eigenvalue weighted by Crippen LogP contribution is 2.27. The Bertz CT molecular complexity index is 1190. The Balaban J connectivity index is 1.62. The molecular weight excluding hydrogens is 382 g/mol. The molecule has 0 radical (unpaired) electrons. The van der Waals surface area contributed by atoms with Crippen molar-refractivity contribution >= 4 is 28.0 Å². The molecule has 0 saturated carbocycles. The molecule has 3 aromatic heterocycles. The number of hydrogen-bond donors (Lipinski definition) is 1. The van der Waals surface area contributed by atoms with E-state index in [2.05, 4.69) is 47.3 Å². The topological polar surface area (TPSA) is 62.5 Å². The molecular formula is C22H23N5OS. The van der Waals surface area contributed by atoms with Crippen LogP contribution in [-0.4, -0.2) is 39.3 Å². The number of anilines is 1. The van der Waals surface area contributed by atoms with Crippen molar-refractivity contribution in [3.8, 4) is 11.3 Å². The number of carbonyl (C=O) groups is 1. The number of fused-ring (bicyclic) bond motifs is 1. The van der Waals surface area contributed by atoms with Crippen molar-refractivity contribution in [1.29, 1.82) is 0 Å². The molecule has 0 bridgehead atoms. The van der Waals surface area contributed by atoms with Crippen LogP contribution in [-0.2, 0) is 6.54 Å². The molecule has 1 N–H and O–H groups in total. The molecule has 0 unspecified atom stereocenters. The zero-order chi connectivity index (χ0) is 20.5. The van der Waals surface area contributed by atoms with Gasteiger partial charge in [-0.2, -0.15) is 0 Å². The molecule has 7 heteroatoms. The first-order valence-corrected chi connectivity index (χ1v) is 10.3. The quantitative estimate of drug-likeness (QED) is 0.535. The zero-order valence-corrected chi connectivity index (χ0v) is 17.7. The van der Waals surface area contributed by atoms with Crippen molar-refractivity contribution in [3.05, 3.63) is 70.5 Å². The third-order valence-electron chi connectivity index (χ3n) is 4.84. The Kier molecular flexibility index (Phi) is 5.17. The zero-order valence-electron chi connectivity index (χ0n) is 16.9. The van der Waals surface area contributed by atoms with Gasteiger partial charge in [0.25, 0.3) is 5.91 Å². The van der Waals surface area contributed by atoms with Crippen LogP contribution in [0.3, 0.4) is 0 Å². The monoisotopic (exact) mass is 405 g/mol. The number of nitrogens with one attached hydrogen (secondary N) is 1. The first-order valence-electron chi connectivity index (χ1n) is 9.37. The van der Waals surface area contributed by atoms with E-state index in [1.54, 1.807) is 0 Å². The van der Waals surface area contributed by atoms with Crippen LogP contribution in [0, 0.1) is 13.8 Å².